The van der Waals surface area contributed by atoms with E-state index >= 15 is 0 Å². The molecule has 0 aromatic heterocycles. The Bertz CT molecular complexity index is 934. The van der Waals surface area contributed by atoms with Gasteiger partial charge in [-0.2, -0.15) is 5.10 Å². The number of nitrogens with zero attached hydrogens (tertiary/aromatic N) is 2. The van der Waals surface area contributed by atoms with Crippen molar-refractivity contribution in [2.24, 2.45) is 5.10 Å². The second kappa shape index (κ2) is 8.85. The lowest BCUT2D eigenvalue weighted by atomic mass is 10.0. The molecule has 3 aromatic rings. The minimum atomic E-state index is -0.231. The number of benzene rings is 3. The van der Waals surface area contributed by atoms with Crippen LogP contribution in [-0.4, -0.2) is 12.1 Å². The molecule has 0 unspecified atom stereocenters. The number of halogens is 2. The van der Waals surface area contributed by atoms with Gasteiger partial charge in [0.15, 0.2) is 0 Å². The zero-order valence-corrected chi connectivity index (χ0v) is 16.3. The van der Waals surface area contributed by atoms with Gasteiger partial charge in [0.05, 0.1) is 11.9 Å². The molecule has 0 N–H and O–H groups in total. The molecule has 0 saturated heterocycles. The number of carbonyl (C=O) groups is 1. The van der Waals surface area contributed by atoms with Crippen molar-refractivity contribution in [2.75, 3.05) is 5.01 Å². The number of carbonyl (C=O) groups excluding carboxylic acids is 1. The summed E-state index contributed by atoms with van der Waals surface area (Å²) in [6.45, 7) is 1.45. The zero-order chi connectivity index (χ0) is 19.2. The van der Waals surface area contributed by atoms with E-state index in [9.17, 15) is 4.79 Å². The number of hydrazone groups is 1. The molecule has 1 amide bonds. The van der Waals surface area contributed by atoms with Gasteiger partial charge in [-0.25, -0.2) is 5.01 Å². The van der Waals surface area contributed by atoms with Gasteiger partial charge in [-0.05, 0) is 28.8 Å². The Morgan fingerprint density at radius 1 is 0.963 bits per heavy atom. The predicted octanol–water partition coefficient (Wildman–Crippen LogP) is 5.97. The highest BCUT2D eigenvalue weighted by Crippen LogP contribution is 2.33. The molecular formula is C22H18Cl2N2O. The number of rotatable bonds is 5. The first-order valence-electron chi connectivity index (χ1n) is 8.46. The van der Waals surface area contributed by atoms with Crippen molar-refractivity contribution < 1.29 is 4.79 Å². The first-order chi connectivity index (χ1) is 13.0. The van der Waals surface area contributed by atoms with Crippen LogP contribution in [0.25, 0.3) is 0 Å². The van der Waals surface area contributed by atoms with Crippen LogP contribution >= 0.6 is 23.2 Å². The van der Waals surface area contributed by atoms with Crippen molar-refractivity contribution in [1.29, 1.82) is 0 Å². The van der Waals surface area contributed by atoms with E-state index in [0.717, 1.165) is 16.7 Å². The van der Waals surface area contributed by atoms with Crippen molar-refractivity contribution in [3.05, 3.63) is 99.5 Å². The molecule has 27 heavy (non-hydrogen) atoms. The Kier molecular flexibility index (Phi) is 6.28. The van der Waals surface area contributed by atoms with Crippen LogP contribution in [0.1, 0.15) is 23.6 Å². The molecule has 0 aliphatic carbocycles. The fourth-order valence-corrected chi connectivity index (χ4v) is 3.28. The molecule has 3 aromatic carbocycles. The van der Waals surface area contributed by atoms with Crippen molar-refractivity contribution in [3.8, 4) is 0 Å². The maximum absolute atomic E-state index is 12.1. The standard InChI is InChI=1S/C22H18Cl2N2O/c1-16(27)26(25-15-18-10-6-3-7-11-18)19-13-21(23)20(22(24)14-19)12-17-8-4-2-5-9-17/h2-11,13-15H,12H2,1H3/b25-15+. The van der Waals surface area contributed by atoms with Crippen LogP contribution in [-0.2, 0) is 11.2 Å². The lowest BCUT2D eigenvalue weighted by Gasteiger charge is -2.17. The average molecular weight is 397 g/mol. The smallest absolute Gasteiger partial charge is 0.244 e. The van der Waals surface area contributed by atoms with Crippen molar-refractivity contribution in [2.45, 2.75) is 13.3 Å². The van der Waals surface area contributed by atoms with Gasteiger partial charge in [0.1, 0.15) is 0 Å². The molecule has 0 saturated carbocycles. The Morgan fingerprint density at radius 2 is 1.52 bits per heavy atom. The number of hydrogen-bond acceptors (Lipinski definition) is 2. The van der Waals surface area contributed by atoms with Crippen molar-refractivity contribution in [3.63, 3.8) is 0 Å². The van der Waals surface area contributed by atoms with E-state index in [1.807, 2.05) is 60.7 Å². The van der Waals surface area contributed by atoms with E-state index in [1.165, 1.54) is 11.9 Å². The van der Waals surface area contributed by atoms with Gasteiger partial charge in [-0.1, -0.05) is 83.9 Å². The molecule has 3 nitrogen and oxygen atoms in total. The topological polar surface area (TPSA) is 32.7 Å². The lowest BCUT2D eigenvalue weighted by molar-refractivity contribution is -0.116. The van der Waals surface area contributed by atoms with Gasteiger partial charge in [0.25, 0.3) is 0 Å². The molecule has 0 heterocycles. The van der Waals surface area contributed by atoms with Crippen molar-refractivity contribution in [1.82, 2.24) is 0 Å². The Balaban J connectivity index is 1.90. The van der Waals surface area contributed by atoms with Gasteiger partial charge < -0.3 is 0 Å². The molecule has 0 aliphatic heterocycles. The van der Waals surface area contributed by atoms with Gasteiger partial charge >= 0.3 is 0 Å². The third-order valence-corrected chi connectivity index (χ3v) is 4.69. The van der Waals surface area contributed by atoms with Crippen LogP contribution in [0.15, 0.2) is 77.9 Å². The summed E-state index contributed by atoms with van der Waals surface area (Å²) < 4.78 is 0. The molecular weight excluding hydrogens is 379 g/mol. The molecule has 136 valence electrons. The predicted molar refractivity (Wildman–Crippen MR) is 113 cm³/mol. The molecule has 0 spiro atoms. The molecule has 3 rings (SSSR count). The first kappa shape index (κ1) is 19.2. The highest BCUT2D eigenvalue weighted by atomic mass is 35.5. The molecule has 0 radical (unpaired) electrons. The van der Waals surface area contributed by atoms with E-state index in [-0.39, 0.29) is 5.91 Å². The van der Waals surface area contributed by atoms with Crippen LogP contribution in [0.5, 0.6) is 0 Å². The largest absolute Gasteiger partial charge is 0.273 e. The van der Waals surface area contributed by atoms with Crippen LogP contribution in [0.4, 0.5) is 5.69 Å². The highest BCUT2D eigenvalue weighted by molar-refractivity contribution is 6.36. The van der Waals surface area contributed by atoms with Crippen LogP contribution < -0.4 is 5.01 Å². The zero-order valence-electron chi connectivity index (χ0n) is 14.8. The van der Waals surface area contributed by atoms with E-state index < -0.39 is 0 Å². The van der Waals surface area contributed by atoms with Crippen LogP contribution in [0, 0.1) is 0 Å². The summed E-state index contributed by atoms with van der Waals surface area (Å²) in [4.78, 5) is 12.1. The van der Waals surface area contributed by atoms with Crippen molar-refractivity contribution >= 4 is 41.0 Å². The maximum Gasteiger partial charge on any atom is 0.244 e. The number of amides is 1. The monoisotopic (exact) mass is 396 g/mol. The minimum absolute atomic E-state index is 0.231. The Labute approximate surface area is 168 Å². The average Bonchev–Trinajstić information content (AvgIpc) is 2.66. The second-order valence-electron chi connectivity index (χ2n) is 6.04. The van der Waals surface area contributed by atoms with Crippen LogP contribution in [0.2, 0.25) is 10.0 Å². The first-order valence-corrected chi connectivity index (χ1v) is 9.22. The molecule has 5 heteroatoms. The third-order valence-electron chi connectivity index (χ3n) is 4.01. The highest BCUT2D eigenvalue weighted by Gasteiger charge is 2.15. The molecule has 0 aliphatic rings. The summed E-state index contributed by atoms with van der Waals surface area (Å²) in [5, 5.41) is 6.59. The summed E-state index contributed by atoms with van der Waals surface area (Å²) >= 11 is 13.0. The van der Waals surface area contributed by atoms with E-state index in [4.69, 9.17) is 23.2 Å². The fraction of sp³-hybridized carbons (Fsp3) is 0.0909. The van der Waals surface area contributed by atoms with Gasteiger partial charge in [-0.15, -0.1) is 0 Å². The Hall–Kier alpha value is -2.62. The third kappa shape index (κ3) is 4.97. The van der Waals surface area contributed by atoms with Gasteiger partial charge in [0.2, 0.25) is 5.91 Å². The van der Waals surface area contributed by atoms with E-state index in [2.05, 4.69) is 5.10 Å². The summed E-state index contributed by atoms with van der Waals surface area (Å²) in [7, 11) is 0. The van der Waals surface area contributed by atoms with E-state index in [1.54, 1.807) is 18.3 Å². The minimum Gasteiger partial charge on any atom is -0.273 e. The normalized spacial score (nSPS) is 10.9. The van der Waals surface area contributed by atoms with E-state index in [0.29, 0.717) is 22.2 Å². The fourth-order valence-electron chi connectivity index (χ4n) is 2.67. The summed E-state index contributed by atoms with van der Waals surface area (Å²) in [6.07, 6.45) is 2.24. The summed E-state index contributed by atoms with van der Waals surface area (Å²) in [5.74, 6) is -0.231. The summed E-state index contributed by atoms with van der Waals surface area (Å²) in [6, 6.07) is 22.9. The number of anilines is 1. The second-order valence-corrected chi connectivity index (χ2v) is 6.85. The lowest BCUT2D eigenvalue weighted by Crippen LogP contribution is -2.22. The quantitative estimate of drug-likeness (QED) is 0.386. The molecule has 0 atom stereocenters. The summed E-state index contributed by atoms with van der Waals surface area (Å²) in [5.41, 5.74) is 3.35. The van der Waals surface area contributed by atoms with Gasteiger partial charge in [-0.3, -0.25) is 4.79 Å². The maximum atomic E-state index is 12.1. The SMILES string of the molecule is CC(=O)N(/N=C/c1ccccc1)c1cc(Cl)c(Cc2ccccc2)c(Cl)c1. The van der Waals surface area contributed by atoms with Gasteiger partial charge in [0, 0.05) is 23.4 Å². The number of hydrogen-bond donors (Lipinski definition) is 0. The van der Waals surface area contributed by atoms with Crippen LogP contribution in [0.3, 0.4) is 0 Å². The Morgan fingerprint density at radius 3 is 2.07 bits per heavy atom. The molecule has 0 bridgehead atoms. The molecule has 0 fully saturated rings.